The summed E-state index contributed by atoms with van der Waals surface area (Å²) in [6.45, 7) is 3.60. The van der Waals surface area contributed by atoms with Crippen LogP contribution in [0.25, 0.3) is 0 Å². The van der Waals surface area contributed by atoms with Crippen LogP contribution in [-0.4, -0.2) is 12.2 Å². The first kappa shape index (κ1) is 11.1. The van der Waals surface area contributed by atoms with Crippen LogP contribution >= 0.6 is 15.9 Å². The van der Waals surface area contributed by atoms with Gasteiger partial charge in [-0.05, 0) is 26.1 Å². The van der Waals surface area contributed by atoms with Gasteiger partial charge in [-0.3, -0.25) is 0 Å². The summed E-state index contributed by atoms with van der Waals surface area (Å²) in [5.74, 6) is 0. The molecule has 1 heterocycles. The highest BCUT2D eigenvalue weighted by atomic mass is 79.9. The molecule has 1 aliphatic rings. The second-order valence-electron chi connectivity index (χ2n) is 2.99. The molecular weight excluding hydrogens is 248 g/mol. The van der Waals surface area contributed by atoms with Gasteiger partial charge in [-0.25, -0.2) is 4.79 Å². The number of rotatable bonds is 2. The number of hydrogen-bond donors (Lipinski definition) is 2. The van der Waals surface area contributed by atoms with Gasteiger partial charge in [0.2, 0.25) is 0 Å². The van der Waals surface area contributed by atoms with E-state index in [9.17, 15) is 4.79 Å². The molecule has 0 aromatic heterocycles. The van der Waals surface area contributed by atoms with Crippen molar-refractivity contribution in [1.29, 1.82) is 0 Å². The van der Waals surface area contributed by atoms with E-state index >= 15 is 0 Å². The van der Waals surface area contributed by atoms with E-state index in [1.165, 1.54) is 0 Å². The zero-order valence-corrected chi connectivity index (χ0v) is 9.59. The summed E-state index contributed by atoms with van der Waals surface area (Å²) in [6.07, 6.45) is 4.61. The molecule has 14 heavy (non-hydrogen) atoms. The van der Waals surface area contributed by atoms with Crippen molar-refractivity contribution in [3.63, 3.8) is 0 Å². The Kier molecular flexibility index (Phi) is 4.00. The quantitative estimate of drug-likeness (QED) is 0.798. The fourth-order valence-corrected chi connectivity index (χ4v) is 1.23. The highest BCUT2D eigenvalue weighted by molar-refractivity contribution is 9.11. The van der Waals surface area contributed by atoms with E-state index in [2.05, 4.69) is 26.6 Å². The molecule has 0 aliphatic carbocycles. The van der Waals surface area contributed by atoms with E-state index in [0.717, 1.165) is 4.48 Å². The van der Waals surface area contributed by atoms with Gasteiger partial charge in [0.1, 0.15) is 6.04 Å². The van der Waals surface area contributed by atoms with Crippen LogP contribution in [0.15, 0.2) is 23.0 Å². The highest BCUT2D eigenvalue weighted by Gasteiger charge is 2.16. The Bertz CT molecular complexity index is 274. The van der Waals surface area contributed by atoms with Gasteiger partial charge < -0.3 is 15.4 Å². The Labute approximate surface area is 91.5 Å². The standard InChI is InChI=1S/C9H12BrN2O2/c1-6(2)14-9(13)12-8-3-4-11-5-7(8)10/h3-6,11H,1-2H3,(H,12,13). The van der Waals surface area contributed by atoms with Gasteiger partial charge >= 0.3 is 6.09 Å². The van der Waals surface area contributed by atoms with Crippen LogP contribution in [0.3, 0.4) is 0 Å². The van der Waals surface area contributed by atoms with Crippen LogP contribution in [-0.2, 0) is 4.74 Å². The molecule has 0 bridgehead atoms. The third-order valence-corrected chi connectivity index (χ3v) is 2.05. The average Bonchev–Trinajstić information content (AvgIpc) is 2.07. The summed E-state index contributed by atoms with van der Waals surface area (Å²) < 4.78 is 5.71. The summed E-state index contributed by atoms with van der Waals surface area (Å²) >= 11 is 3.29. The Morgan fingerprint density at radius 2 is 2.36 bits per heavy atom. The van der Waals surface area contributed by atoms with E-state index in [1.54, 1.807) is 32.3 Å². The van der Waals surface area contributed by atoms with Crippen molar-refractivity contribution < 1.29 is 9.53 Å². The molecule has 4 nitrogen and oxygen atoms in total. The molecule has 1 radical (unpaired) electrons. The second kappa shape index (κ2) is 5.05. The fraction of sp³-hybridized carbons (Fsp3) is 0.333. The number of nitrogens with one attached hydrogen (secondary N) is 2. The molecule has 0 aromatic carbocycles. The van der Waals surface area contributed by atoms with Gasteiger partial charge in [0.15, 0.2) is 0 Å². The lowest BCUT2D eigenvalue weighted by Gasteiger charge is -2.17. The van der Waals surface area contributed by atoms with Gasteiger partial charge in [-0.15, -0.1) is 0 Å². The maximum Gasteiger partial charge on any atom is 0.408 e. The van der Waals surface area contributed by atoms with Crippen molar-refractivity contribution >= 4 is 22.0 Å². The summed E-state index contributed by atoms with van der Waals surface area (Å²) in [5, 5.41) is 5.49. The predicted molar refractivity (Wildman–Crippen MR) is 57.3 cm³/mol. The van der Waals surface area contributed by atoms with E-state index in [0.29, 0.717) is 6.04 Å². The van der Waals surface area contributed by atoms with E-state index < -0.39 is 6.09 Å². The molecule has 0 unspecified atom stereocenters. The predicted octanol–water partition coefficient (Wildman–Crippen LogP) is 2.01. The van der Waals surface area contributed by atoms with E-state index in [4.69, 9.17) is 4.74 Å². The normalized spacial score (nSPS) is 16.1. The van der Waals surface area contributed by atoms with Gasteiger partial charge in [0.25, 0.3) is 0 Å². The van der Waals surface area contributed by atoms with Crippen molar-refractivity contribution in [2.75, 3.05) is 0 Å². The first-order chi connectivity index (χ1) is 6.59. The van der Waals surface area contributed by atoms with Crippen LogP contribution in [0.4, 0.5) is 4.79 Å². The molecule has 77 valence electrons. The van der Waals surface area contributed by atoms with Gasteiger partial charge in [0.05, 0.1) is 6.10 Å². The third kappa shape index (κ3) is 3.41. The maximum absolute atomic E-state index is 11.2. The molecule has 0 saturated carbocycles. The zero-order valence-electron chi connectivity index (χ0n) is 8.00. The largest absolute Gasteiger partial charge is 0.447 e. The molecule has 2 N–H and O–H groups in total. The molecule has 0 aromatic rings. The van der Waals surface area contributed by atoms with Gasteiger partial charge in [-0.1, -0.05) is 15.9 Å². The van der Waals surface area contributed by atoms with Crippen LogP contribution in [0.5, 0.6) is 0 Å². The van der Waals surface area contributed by atoms with E-state index in [1.807, 2.05) is 0 Å². The molecule has 0 spiro atoms. The molecule has 1 amide bonds. The number of hydrogen-bond acceptors (Lipinski definition) is 3. The minimum absolute atomic E-state index is 0.121. The number of carbonyl (C=O) groups is 1. The molecule has 5 heteroatoms. The lowest BCUT2D eigenvalue weighted by molar-refractivity contribution is 0.117. The molecular formula is C9H12BrN2O2. The van der Waals surface area contributed by atoms with Gasteiger partial charge in [0, 0.05) is 10.7 Å². The minimum Gasteiger partial charge on any atom is -0.447 e. The molecule has 0 fully saturated rings. The first-order valence-corrected chi connectivity index (χ1v) is 5.02. The van der Waals surface area contributed by atoms with Crippen LogP contribution in [0, 0.1) is 6.04 Å². The lowest BCUT2D eigenvalue weighted by atomic mass is 10.2. The number of carbonyl (C=O) groups excluding carboxylic acids is 1. The monoisotopic (exact) mass is 259 g/mol. The third-order valence-electron chi connectivity index (χ3n) is 1.39. The smallest absolute Gasteiger partial charge is 0.408 e. The van der Waals surface area contributed by atoms with Crippen LogP contribution in [0.1, 0.15) is 13.8 Å². The molecule has 0 atom stereocenters. The number of alkyl carbamates (subject to hydrolysis) is 1. The number of amides is 1. The van der Waals surface area contributed by atoms with Crippen molar-refractivity contribution in [1.82, 2.24) is 10.6 Å². The van der Waals surface area contributed by atoms with Crippen LogP contribution < -0.4 is 10.6 Å². The summed E-state index contributed by atoms with van der Waals surface area (Å²) in [4.78, 5) is 11.2. The Balaban J connectivity index is 2.43. The first-order valence-electron chi connectivity index (χ1n) is 4.23. The Hall–Kier alpha value is -0.970. The maximum atomic E-state index is 11.2. The van der Waals surface area contributed by atoms with Crippen molar-refractivity contribution in [2.24, 2.45) is 0 Å². The summed E-state index contributed by atoms with van der Waals surface area (Å²) in [5.41, 5.74) is 0. The average molecular weight is 260 g/mol. The van der Waals surface area contributed by atoms with E-state index in [-0.39, 0.29) is 6.10 Å². The van der Waals surface area contributed by atoms with Crippen molar-refractivity contribution in [2.45, 2.75) is 20.0 Å². The SMILES string of the molecule is CC(C)OC(=O)N[C]1C=CNC=C1Br. The minimum atomic E-state index is -0.452. The lowest BCUT2D eigenvalue weighted by Crippen LogP contribution is -2.31. The number of ether oxygens (including phenoxy) is 1. The molecule has 0 saturated heterocycles. The topological polar surface area (TPSA) is 50.4 Å². The number of halogens is 1. The zero-order chi connectivity index (χ0) is 10.6. The van der Waals surface area contributed by atoms with Crippen molar-refractivity contribution in [3.8, 4) is 0 Å². The second-order valence-corrected chi connectivity index (χ2v) is 3.84. The van der Waals surface area contributed by atoms with Crippen molar-refractivity contribution in [3.05, 3.63) is 29.0 Å². The van der Waals surface area contributed by atoms with Crippen LogP contribution in [0.2, 0.25) is 0 Å². The number of dihydropyridines is 1. The Morgan fingerprint density at radius 1 is 1.64 bits per heavy atom. The fourth-order valence-electron chi connectivity index (χ4n) is 0.865. The highest BCUT2D eigenvalue weighted by Crippen LogP contribution is 2.20. The molecule has 1 aliphatic heterocycles. The Morgan fingerprint density at radius 3 is 2.93 bits per heavy atom. The molecule has 1 rings (SSSR count). The van der Waals surface area contributed by atoms with Gasteiger partial charge in [-0.2, -0.15) is 0 Å². The summed E-state index contributed by atoms with van der Waals surface area (Å²) in [6, 6.07) is 0.675. The summed E-state index contributed by atoms with van der Waals surface area (Å²) in [7, 11) is 0.